The first-order valence-electron chi connectivity index (χ1n) is 11.6. The highest BCUT2D eigenvalue weighted by Gasteiger charge is 2.58. The van der Waals surface area contributed by atoms with Gasteiger partial charge in [-0.15, -0.1) is 11.3 Å². The minimum absolute atomic E-state index is 0.0276. The topological polar surface area (TPSA) is 118 Å². The molecule has 3 N–H and O–H groups in total. The van der Waals surface area contributed by atoms with Gasteiger partial charge in [0.15, 0.2) is 0 Å². The molecule has 35 heavy (non-hydrogen) atoms. The molecule has 4 heterocycles. The lowest BCUT2D eigenvalue weighted by Gasteiger charge is -2.29. The summed E-state index contributed by atoms with van der Waals surface area (Å²) in [5.74, 6) is -5.82. The molecule has 2 saturated heterocycles. The lowest BCUT2D eigenvalue weighted by molar-refractivity contribution is -0.129. The minimum Gasteiger partial charge on any atom is -0.356 e. The van der Waals surface area contributed by atoms with E-state index in [0.29, 0.717) is 23.5 Å². The summed E-state index contributed by atoms with van der Waals surface area (Å²) in [7, 11) is 0. The van der Waals surface area contributed by atoms with Gasteiger partial charge in [-0.2, -0.15) is 5.26 Å². The van der Waals surface area contributed by atoms with Gasteiger partial charge in [0.05, 0.1) is 21.3 Å². The number of carbonyl (C=O) groups is 3. The van der Waals surface area contributed by atoms with Crippen LogP contribution < -0.4 is 10.6 Å². The lowest BCUT2D eigenvalue weighted by atomic mass is 9.90. The molecule has 3 aliphatic rings. The predicted octanol–water partition coefficient (Wildman–Crippen LogP) is 3.29. The van der Waals surface area contributed by atoms with Crippen LogP contribution in [0.25, 0.3) is 10.2 Å². The third-order valence-corrected chi connectivity index (χ3v) is 8.69. The van der Waals surface area contributed by atoms with E-state index in [2.05, 4.69) is 15.6 Å². The number of piperidine rings is 1. The maximum atomic E-state index is 14.2. The van der Waals surface area contributed by atoms with Crippen LogP contribution in [0.5, 0.6) is 0 Å². The van der Waals surface area contributed by atoms with Gasteiger partial charge >= 0.3 is 0 Å². The summed E-state index contributed by atoms with van der Waals surface area (Å²) in [6.45, 7) is 0.608. The molecule has 12 heteroatoms. The van der Waals surface area contributed by atoms with Crippen molar-refractivity contribution in [3.05, 3.63) is 22.2 Å². The van der Waals surface area contributed by atoms with E-state index < -0.39 is 54.0 Å². The van der Waals surface area contributed by atoms with Crippen molar-refractivity contribution in [1.29, 1.82) is 5.26 Å². The number of nitriles is 1. The highest BCUT2D eigenvalue weighted by Crippen LogP contribution is 2.50. The lowest BCUT2D eigenvalue weighted by Crippen LogP contribution is -2.52. The van der Waals surface area contributed by atoms with Crippen LogP contribution in [0.15, 0.2) is 11.4 Å². The maximum Gasteiger partial charge on any atom is 0.271 e. The number of carbonyl (C=O) groups excluding carboxylic acids is 3. The molecular formula is C23H24ClF2N5O3S. The second-order valence-electron chi connectivity index (χ2n) is 9.65. The van der Waals surface area contributed by atoms with Crippen LogP contribution in [0, 0.1) is 29.1 Å². The van der Waals surface area contributed by atoms with Crippen molar-refractivity contribution >= 4 is 50.9 Å². The Bertz CT molecular complexity index is 1220. The van der Waals surface area contributed by atoms with Crippen LogP contribution in [-0.4, -0.2) is 58.7 Å². The van der Waals surface area contributed by atoms with Gasteiger partial charge in [0.25, 0.3) is 5.91 Å². The van der Waals surface area contributed by atoms with Crippen molar-refractivity contribution in [3.8, 4) is 6.07 Å². The van der Waals surface area contributed by atoms with E-state index >= 15 is 0 Å². The molecule has 1 saturated carbocycles. The normalized spacial score (nSPS) is 28.4. The van der Waals surface area contributed by atoms with Gasteiger partial charge in [-0.25, -0.2) is 8.78 Å². The molecular weight excluding hydrogens is 500 g/mol. The number of nitrogens with one attached hydrogen (secondary N) is 3. The van der Waals surface area contributed by atoms with Crippen molar-refractivity contribution in [2.24, 2.45) is 17.8 Å². The molecule has 3 fully saturated rings. The van der Waals surface area contributed by atoms with Gasteiger partial charge in [0.2, 0.25) is 17.7 Å². The van der Waals surface area contributed by atoms with E-state index in [1.165, 1.54) is 16.2 Å². The number of hydrogen-bond acceptors (Lipinski definition) is 5. The standard InChI is InChI=1S/C23H24ClF2N5O3S/c24-15-10-35-17-5-16(30-18(15)17)22(34)31-9-12-6-23(25,26)7-14(12)19(31)21(33)29-13(8-27)4-11-2-1-3-28-20(11)32/h5,10-14,19,30H,1-4,6-7,9H2,(H,28,32)(H,29,33)/t11-,12-,13+,14-,19+/m0/s1. The summed E-state index contributed by atoms with van der Waals surface area (Å²) in [5, 5.41) is 17.2. The molecule has 0 spiro atoms. The molecule has 2 aliphatic heterocycles. The summed E-state index contributed by atoms with van der Waals surface area (Å²) in [4.78, 5) is 43.2. The van der Waals surface area contributed by atoms with E-state index in [-0.39, 0.29) is 31.0 Å². The Balaban J connectivity index is 1.37. The summed E-state index contributed by atoms with van der Waals surface area (Å²) >= 11 is 7.52. The number of thiophene rings is 1. The van der Waals surface area contributed by atoms with E-state index in [9.17, 15) is 28.4 Å². The van der Waals surface area contributed by atoms with Crippen LogP contribution in [0.3, 0.4) is 0 Å². The van der Waals surface area contributed by atoms with Crippen molar-refractivity contribution in [3.63, 3.8) is 0 Å². The van der Waals surface area contributed by atoms with Crippen molar-refractivity contribution < 1.29 is 23.2 Å². The monoisotopic (exact) mass is 523 g/mol. The number of hydrogen-bond donors (Lipinski definition) is 3. The Morgan fingerprint density at radius 3 is 2.91 bits per heavy atom. The zero-order valence-corrected chi connectivity index (χ0v) is 20.2. The van der Waals surface area contributed by atoms with E-state index in [1.807, 2.05) is 6.07 Å². The number of rotatable bonds is 5. The number of fused-ring (bicyclic) bond motifs is 2. The van der Waals surface area contributed by atoms with Gasteiger partial charge in [-0.05, 0) is 37.2 Å². The first kappa shape index (κ1) is 24.0. The number of nitrogens with zero attached hydrogens (tertiary/aromatic N) is 2. The molecule has 0 unspecified atom stereocenters. The fraction of sp³-hybridized carbons (Fsp3) is 0.565. The second kappa shape index (κ2) is 9.06. The number of aromatic amines is 1. The van der Waals surface area contributed by atoms with Crippen molar-refractivity contribution in [2.75, 3.05) is 13.1 Å². The van der Waals surface area contributed by atoms with Gasteiger partial charge in [0.1, 0.15) is 17.8 Å². The molecule has 3 amide bonds. The molecule has 186 valence electrons. The zero-order chi connectivity index (χ0) is 24.9. The number of likely N-dealkylation sites (tertiary alicyclic amines) is 1. The van der Waals surface area contributed by atoms with Crippen LogP contribution in [0.1, 0.15) is 42.6 Å². The van der Waals surface area contributed by atoms with Crippen LogP contribution in [-0.2, 0) is 9.59 Å². The molecule has 8 nitrogen and oxygen atoms in total. The van der Waals surface area contributed by atoms with E-state index in [1.54, 1.807) is 11.4 Å². The summed E-state index contributed by atoms with van der Waals surface area (Å²) in [6, 6.07) is 1.56. The zero-order valence-electron chi connectivity index (χ0n) is 18.7. The van der Waals surface area contributed by atoms with Crippen molar-refractivity contribution in [2.45, 2.75) is 50.1 Å². The van der Waals surface area contributed by atoms with Gasteiger partial charge in [-0.1, -0.05) is 11.6 Å². The fourth-order valence-electron chi connectivity index (χ4n) is 5.74. The highest BCUT2D eigenvalue weighted by atomic mass is 35.5. The maximum absolute atomic E-state index is 14.2. The molecule has 2 aromatic heterocycles. The Kier molecular flexibility index (Phi) is 6.21. The fourth-order valence-corrected chi connectivity index (χ4v) is 6.89. The summed E-state index contributed by atoms with van der Waals surface area (Å²) in [6.07, 6.45) is 0.639. The highest BCUT2D eigenvalue weighted by molar-refractivity contribution is 7.17. The Labute approximate surface area is 209 Å². The number of halogens is 3. The van der Waals surface area contributed by atoms with Gasteiger partial charge in [-0.3, -0.25) is 14.4 Å². The molecule has 0 aromatic carbocycles. The van der Waals surface area contributed by atoms with Crippen LogP contribution in [0.2, 0.25) is 5.02 Å². The predicted molar refractivity (Wildman–Crippen MR) is 125 cm³/mol. The number of amides is 3. The SMILES string of the molecule is N#C[C@@H](C[C@@H]1CCCNC1=O)NC(=O)[C@H]1[C@H]2CC(F)(F)C[C@H]2CN1C(=O)c1cc2scc(Cl)c2[nH]1. The molecule has 5 atom stereocenters. The summed E-state index contributed by atoms with van der Waals surface area (Å²) < 4.78 is 29.2. The van der Waals surface area contributed by atoms with E-state index in [4.69, 9.17) is 11.6 Å². The third kappa shape index (κ3) is 4.49. The largest absolute Gasteiger partial charge is 0.356 e. The third-order valence-electron chi connectivity index (χ3n) is 7.33. The Hall–Kier alpha value is -2.71. The molecule has 2 aromatic rings. The number of alkyl halides is 2. The second-order valence-corrected chi connectivity index (χ2v) is 11.0. The number of aromatic nitrogens is 1. The molecule has 5 rings (SSSR count). The first-order chi connectivity index (χ1) is 16.7. The quantitative estimate of drug-likeness (QED) is 0.557. The van der Waals surface area contributed by atoms with Crippen LogP contribution in [0.4, 0.5) is 8.78 Å². The molecule has 1 aliphatic carbocycles. The molecule has 0 radical (unpaired) electrons. The minimum atomic E-state index is -2.90. The van der Waals surface area contributed by atoms with Crippen LogP contribution >= 0.6 is 22.9 Å². The van der Waals surface area contributed by atoms with Gasteiger partial charge in [0, 0.05) is 37.2 Å². The first-order valence-corrected chi connectivity index (χ1v) is 12.8. The van der Waals surface area contributed by atoms with E-state index in [0.717, 1.165) is 11.1 Å². The average molecular weight is 524 g/mol. The average Bonchev–Trinajstić information content (AvgIpc) is 3.54. The Morgan fingerprint density at radius 1 is 1.40 bits per heavy atom. The summed E-state index contributed by atoms with van der Waals surface area (Å²) in [5.41, 5.74) is 0.844. The van der Waals surface area contributed by atoms with Gasteiger partial charge < -0.3 is 20.5 Å². The number of H-pyrrole nitrogens is 1. The smallest absolute Gasteiger partial charge is 0.271 e. The van der Waals surface area contributed by atoms with Crippen molar-refractivity contribution in [1.82, 2.24) is 20.5 Å². The molecule has 0 bridgehead atoms. The Morgan fingerprint density at radius 2 is 2.20 bits per heavy atom.